The molecule has 18 heavy (non-hydrogen) atoms. The van der Waals surface area contributed by atoms with Gasteiger partial charge in [0.1, 0.15) is 0 Å². The third kappa shape index (κ3) is 2.82. The maximum Gasteiger partial charge on any atom is 0.156 e. The van der Waals surface area contributed by atoms with Crippen LogP contribution in [0, 0.1) is 0 Å². The second-order valence-electron chi connectivity index (χ2n) is 4.92. The summed E-state index contributed by atoms with van der Waals surface area (Å²) >= 11 is 6.13. The van der Waals surface area contributed by atoms with Crippen LogP contribution in [0.2, 0.25) is 5.02 Å². The van der Waals surface area contributed by atoms with Gasteiger partial charge in [0, 0.05) is 25.9 Å². The van der Waals surface area contributed by atoms with E-state index in [1.165, 1.54) is 0 Å². The van der Waals surface area contributed by atoms with E-state index in [4.69, 9.17) is 16.7 Å². The fourth-order valence-corrected chi connectivity index (χ4v) is 2.64. The molecule has 0 atom stereocenters. The van der Waals surface area contributed by atoms with Gasteiger partial charge in [0.25, 0.3) is 0 Å². The molecule has 0 aliphatic carbocycles. The van der Waals surface area contributed by atoms with E-state index in [1.807, 2.05) is 7.05 Å². The standard InChI is InChI=1S/C13H18ClFN2O/c1-17-5-3-13(15,4-6-17)12-11(14)8-10(2-7-18)9-16-12/h8-9,18H,2-7H2,1H3. The number of aromatic nitrogens is 1. The molecular formula is C13H18ClFN2O. The summed E-state index contributed by atoms with van der Waals surface area (Å²) < 4.78 is 14.8. The molecule has 0 bridgehead atoms. The summed E-state index contributed by atoms with van der Waals surface area (Å²) in [5, 5.41) is 9.23. The minimum Gasteiger partial charge on any atom is -0.396 e. The van der Waals surface area contributed by atoms with Crippen molar-refractivity contribution in [2.24, 2.45) is 0 Å². The number of pyridine rings is 1. The summed E-state index contributed by atoms with van der Waals surface area (Å²) in [6, 6.07) is 1.71. The van der Waals surface area contributed by atoms with Crippen LogP contribution in [0.25, 0.3) is 0 Å². The van der Waals surface area contributed by atoms with Crippen molar-refractivity contribution in [2.75, 3.05) is 26.7 Å². The van der Waals surface area contributed by atoms with E-state index in [1.54, 1.807) is 12.3 Å². The Kier molecular flexibility index (Phi) is 4.20. The first-order valence-electron chi connectivity index (χ1n) is 6.18. The maximum atomic E-state index is 14.8. The second kappa shape index (κ2) is 5.51. The SMILES string of the molecule is CN1CCC(F)(c2ncc(CCO)cc2Cl)CC1. The highest BCUT2D eigenvalue weighted by atomic mass is 35.5. The number of hydrogen-bond acceptors (Lipinski definition) is 3. The summed E-state index contributed by atoms with van der Waals surface area (Å²) in [5.74, 6) is 0. The van der Waals surface area contributed by atoms with Gasteiger partial charge >= 0.3 is 0 Å². The molecule has 0 aromatic carbocycles. The molecule has 3 nitrogen and oxygen atoms in total. The number of piperidine rings is 1. The molecule has 2 heterocycles. The fourth-order valence-electron chi connectivity index (χ4n) is 2.28. The van der Waals surface area contributed by atoms with Crippen LogP contribution in [-0.4, -0.2) is 41.7 Å². The van der Waals surface area contributed by atoms with Gasteiger partial charge in [0.15, 0.2) is 5.67 Å². The Bertz CT molecular complexity index is 419. The highest BCUT2D eigenvalue weighted by molar-refractivity contribution is 6.31. The summed E-state index contributed by atoms with van der Waals surface area (Å²) in [5.41, 5.74) is -0.233. The van der Waals surface area contributed by atoms with Crippen molar-refractivity contribution >= 4 is 11.6 Å². The summed E-state index contributed by atoms with van der Waals surface area (Å²) in [6.07, 6.45) is 2.96. The average Bonchev–Trinajstić information content (AvgIpc) is 2.34. The van der Waals surface area contributed by atoms with Gasteiger partial charge in [0.05, 0.1) is 10.7 Å². The molecule has 0 spiro atoms. The van der Waals surface area contributed by atoms with Gasteiger partial charge < -0.3 is 10.0 Å². The number of rotatable bonds is 3. The molecule has 0 radical (unpaired) electrons. The van der Waals surface area contributed by atoms with Gasteiger partial charge in [-0.2, -0.15) is 0 Å². The lowest BCUT2D eigenvalue weighted by molar-refractivity contribution is 0.0634. The molecule has 100 valence electrons. The van der Waals surface area contributed by atoms with E-state index >= 15 is 0 Å². The molecule has 1 N–H and O–H groups in total. The number of alkyl halides is 1. The minimum absolute atomic E-state index is 0.0446. The largest absolute Gasteiger partial charge is 0.396 e. The monoisotopic (exact) mass is 272 g/mol. The van der Waals surface area contributed by atoms with Crippen LogP contribution in [0.1, 0.15) is 24.1 Å². The lowest BCUT2D eigenvalue weighted by atomic mass is 9.89. The van der Waals surface area contributed by atoms with Gasteiger partial charge in [0.2, 0.25) is 0 Å². The lowest BCUT2D eigenvalue weighted by Crippen LogP contribution is -2.38. The van der Waals surface area contributed by atoms with E-state index in [0.717, 1.165) is 5.56 Å². The average molecular weight is 273 g/mol. The number of nitrogens with zero attached hydrogens (tertiary/aromatic N) is 2. The topological polar surface area (TPSA) is 36.4 Å². The highest BCUT2D eigenvalue weighted by Crippen LogP contribution is 2.39. The number of aliphatic hydroxyl groups is 1. The van der Waals surface area contributed by atoms with Crippen LogP contribution >= 0.6 is 11.6 Å². The van der Waals surface area contributed by atoms with Gasteiger partial charge in [-0.05, 0) is 37.9 Å². The first-order valence-corrected chi connectivity index (χ1v) is 6.56. The summed E-state index contributed by atoms with van der Waals surface area (Å²) in [4.78, 5) is 6.28. The van der Waals surface area contributed by atoms with E-state index < -0.39 is 5.67 Å². The van der Waals surface area contributed by atoms with Crippen LogP contribution in [0.4, 0.5) is 4.39 Å². The molecule has 1 aromatic heterocycles. The van der Waals surface area contributed by atoms with Crippen molar-refractivity contribution in [3.8, 4) is 0 Å². The van der Waals surface area contributed by atoms with Gasteiger partial charge in [-0.1, -0.05) is 11.6 Å². The number of likely N-dealkylation sites (tertiary alicyclic amines) is 1. The Morgan fingerprint density at radius 1 is 1.50 bits per heavy atom. The normalized spacial score (nSPS) is 20.0. The van der Waals surface area contributed by atoms with Crippen molar-refractivity contribution in [3.63, 3.8) is 0 Å². The van der Waals surface area contributed by atoms with Crippen molar-refractivity contribution in [1.82, 2.24) is 9.88 Å². The Morgan fingerprint density at radius 3 is 2.72 bits per heavy atom. The minimum atomic E-state index is -1.42. The van der Waals surface area contributed by atoms with E-state index in [-0.39, 0.29) is 6.61 Å². The Balaban J connectivity index is 2.22. The van der Waals surface area contributed by atoms with Crippen molar-refractivity contribution in [3.05, 3.63) is 28.5 Å². The van der Waals surface area contributed by atoms with Crippen LogP contribution in [0.15, 0.2) is 12.3 Å². The summed E-state index contributed by atoms with van der Waals surface area (Å²) in [6.45, 7) is 1.47. The molecule has 1 aromatic rings. The molecule has 1 saturated heterocycles. The van der Waals surface area contributed by atoms with Crippen molar-refractivity contribution < 1.29 is 9.50 Å². The highest BCUT2D eigenvalue weighted by Gasteiger charge is 2.38. The van der Waals surface area contributed by atoms with Gasteiger partial charge in [-0.3, -0.25) is 4.98 Å². The first-order chi connectivity index (χ1) is 8.55. The van der Waals surface area contributed by atoms with Gasteiger partial charge in [-0.15, -0.1) is 0 Å². The molecule has 0 saturated carbocycles. The van der Waals surface area contributed by atoms with Crippen LogP contribution < -0.4 is 0 Å². The zero-order valence-electron chi connectivity index (χ0n) is 10.5. The summed E-state index contributed by atoms with van der Waals surface area (Å²) in [7, 11) is 1.99. The molecule has 0 amide bonds. The molecule has 2 rings (SSSR count). The first kappa shape index (κ1) is 13.7. The molecule has 5 heteroatoms. The third-order valence-corrected chi connectivity index (χ3v) is 3.79. The smallest absolute Gasteiger partial charge is 0.156 e. The molecule has 1 aliphatic heterocycles. The predicted octanol–water partition coefficient (Wildman–Crippen LogP) is 2.16. The molecular weight excluding hydrogens is 255 g/mol. The quantitative estimate of drug-likeness (QED) is 0.916. The second-order valence-corrected chi connectivity index (χ2v) is 5.32. The Labute approximate surface area is 112 Å². The predicted molar refractivity (Wildman–Crippen MR) is 69.6 cm³/mol. The molecule has 0 unspecified atom stereocenters. The number of halogens is 2. The van der Waals surface area contributed by atoms with E-state index in [2.05, 4.69) is 9.88 Å². The lowest BCUT2D eigenvalue weighted by Gasteiger charge is -2.34. The fraction of sp³-hybridized carbons (Fsp3) is 0.615. The zero-order chi connectivity index (χ0) is 13.2. The third-order valence-electron chi connectivity index (χ3n) is 3.50. The number of aliphatic hydroxyl groups excluding tert-OH is 1. The van der Waals surface area contributed by atoms with Crippen LogP contribution in [0.3, 0.4) is 0 Å². The molecule has 1 fully saturated rings. The van der Waals surface area contributed by atoms with Crippen LogP contribution in [-0.2, 0) is 12.1 Å². The van der Waals surface area contributed by atoms with E-state index in [9.17, 15) is 4.39 Å². The maximum absolute atomic E-state index is 14.8. The number of hydrogen-bond donors (Lipinski definition) is 1. The van der Waals surface area contributed by atoms with Gasteiger partial charge in [-0.25, -0.2) is 4.39 Å². The zero-order valence-corrected chi connectivity index (χ0v) is 11.3. The Morgan fingerprint density at radius 2 is 2.17 bits per heavy atom. The van der Waals surface area contributed by atoms with E-state index in [0.29, 0.717) is 43.1 Å². The molecule has 1 aliphatic rings. The Hall–Kier alpha value is -0.710. The van der Waals surface area contributed by atoms with Crippen molar-refractivity contribution in [2.45, 2.75) is 24.9 Å². The van der Waals surface area contributed by atoms with Crippen LogP contribution in [0.5, 0.6) is 0 Å². The van der Waals surface area contributed by atoms with Crippen molar-refractivity contribution in [1.29, 1.82) is 0 Å².